The molecule has 2 N–H and O–H groups in total. The highest BCUT2D eigenvalue weighted by molar-refractivity contribution is 6.31. The van der Waals surface area contributed by atoms with Gasteiger partial charge in [0, 0.05) is 21.6 Å². The van der Waals surface area contributed by atoms with Gasteiger partial charge in [-0.1, -0.05) is 17.7 Å². The molecule has 5 heteroatoms. The quantitative estimate of drug-likeness (QED) is 0.753. The second kappa shape index (κ2) is 5.73. The van der Waals surface area contributed by atoms with E-state index in [0.717, 1.165) is 22.2 Å². The molecule has 2 aromatic carbocycles. The van der Waals surface area contributed by atoms with Crippen LogP contribution in [0.25, 0.3) is 10.9 Å². The first-order valence-corrected chi connectivity index (χ1v) is 7.19. The lowest BCUT2D eigenvalue weighted by molar-refractivity contribution is 0.102. The molecule has 0 aliphatic rings. The zero-order chi connectivity index (χ0) is 15.7. The normalized spacial score (nSPS) is 10.7. The Labute approximate surface area is 133 Å². The molecule has 0 saturated carbocycles. The van der Waals surface area contributed by atoms with Crippen LogP contribution in [0.15, 0.2) is 42.5 Å². The third-order valence-electron chi connectivity index (χ3n) is 3.50. The summed E-state index contributed by atoms with van der Waals surface area (Å²) in [5.74, 6) is 0.541. The number of halogens is 1. The Balaban J connectivity index is 1.86. The number of benzene rings is 2. The van der Waals surface area contributed by atoms with Crippen molar-refractivity contribution in [2.24, 2.45) is 0 Å². The lowest BCUT2D eigenvalue weighted by Gasteiger charge is -2.05. The van der Waals surface area contributed by atoms with E-state index in [1.165, 1.54) is 0 Å². The number of rotatable bonds is 3. The average molecular weight is 315 g/mol. The van der Waals surface area contributed by atoms with E-state index in [0.29, 0.717) is 16.4 Å². The number of ether oxygens (including phenoxy) is 1. The van der Waals surface area contributed by atoms with Gasteiger partial charge in [-0.05, 0) is 48.9 Å². The molecule has 22 heavy (non-hydrogen) atoms. The van der Waals surface area contributed by atoms with Crippen molar-refractivity contribution >= 4 is 34.1 Å². The molecular weight excluding hydrogens is 300 g/mol. The van der Waals surface area contributed by atoms with Crippen LogP contribution in [-0.2, 0) is 0 Å². The molecule has 0 bridgehead atoms. The molecule has 0 saturated heterocycles. The molecule has 112 valence electrons. The average Bonchev–Trinajstić information content (AvgIpc) is 2.94. The third kappa shape index (κ3) is 2.78. The van der Waals surface area contributed by atoms with Crippen LogP contribution < -0.4 is 10.1 Å². The van der Waals surface area contributed by atoms with Crippen LogP contribution in [0.1, 0.15) is 16.1 Å². The molecule has 0 aliphatic heterocycles. The zero-order valence-electron chi connectivity index (χ0n) is 12.2. The number of H-pyrrole nitrogens is 1. The highest BCUT2D eigenvalue weighted by Gasteiger charge is 2.11. The predicted molar refractivity (Wildman–Crippen MR) is 89.0 cm³/mol. The fourth-order valence-electron chi connectivity index (χ4n) is 2.23. The minimum atomic E-state index is -0.213. The van der Waals surface area contributed by atoms with Crippen molar-refractivity contribution in [2.75, 3.05) is 12.4 Å². The number of carbonyl (C=O) groups excluding carboxylic acids is 1. The van der Waals surface area contributed by atoms with Gasteiger partial charge in [0.25, 0.3) is 5.91 Å². The molecule has 0 radical (unpaired) electrons. The SMILES string of the molecule is COc1ccc2[nH]c(C(=O)Nc3ccc(C)c(Cl)c3)cc2c1. The standard InChI is InChI=1S/C17H15ClN2O2/c1-10-3-4-12(9-14(10)18)19-17(21)16-8-11-7-13(22-2)5-6-15(11)20-16/h3-9,20H,1-2H3,(H,19,21). The van der Waals surface area contributed by atoms with E-state index in [1.54, 1.807) is 19.2 Å². The number of aryl methyl sites for hydroxylation is 1. The van der Waals surface area contributed by atoms with E-state index in [2.05, 4.69) is 10.3 Å². The zero-order valence-corrected chi connectivity index (χ0v) is 13.0. The number of amides is 1. The molecule has 3 rings (SSSR count). The Kier molecular flexibility index (Phi) is 3.77. The number of aromatic amines is 1. The predicted octanol–water partition coefficient (Wildman–Crippen LogP) is 4.39. The summed E-state index contributed by atoms with van der Waals surface area (Å²) in [6, 6.07) is 12.8. The van der Waals surface area contributed by atoms with Gasteiger partial charge in [0.15, 0.2) is 0 Å². The van der Waals surface area contributed by atoms with Crippen molar-refractivity contribution in [1.82, 2.24) is 4.98 Å². The fourth-order valence-corrected chi connectivity index (χ4v) is 2.41. The van der Waals surface area contributed by atoms with E-state index < -0.39 is 0 Å². The number of aromatic nitrogens is 1. The first kappa shape index (κ1) is 14.5. The third-order valence-corrected chi connectivity index (χ3v) is 3.91. The highest BCUT2D eigenvalue weighted by atomic mass is 35.5. The van der Waals surface area contributed by atoms with Crippen LogP contribution in [-0.4, -0.2) is 18.0 Å². The van der Waals surface area contributed by atoms with Crippen molar-refractivity contribution in [3.8, 4) is 5.75 Å². The van der Waals surface area contributed by atoms with Crippen LogP contribution in [0.2, 0.25) is 5.02 Å². The highest BCUT2D eigenvalue weighted by Crippen LogP contribution is 2.23. The first-order chi connectivity index (χ1) is 10.6. The Bertz CT molecular complexity index is 855. The number of hydrogen-bond acceptors (Lipinski definition) is 2. The summed E-state index contributed by atoms with van der Waals surface area (Å²) in [7, 11) is 1.61. The molecule has 4 nitrogen and oxygen atoms in total. The van der Waals surface area contributed by atoms with Gasteiger partial charge in [0.2, 0.25) is 0 Å². The van der Waals surface area contributed by atoms with Gasteiger partial charge in [0.1, 0.15) is 11.4 Å². The van der Waals surface area contributed by atoms with Crippen molar-refractivity contribution in [3.63, 3.8) is 0 Å². The van der Waals surface area contributed by atoms with E-state index in [1.807, 2.05) is 37.3 Å². The summed E-state index contributed by atoms with van der Waals surface area (Å²) in [6.45, 7) is 1.92. The maximum absolute atomic E-state index is 12.3. The molecule has 1 aromatic heterocycles. The molecule has 0 fully saturated rings. The van der Waals surface area contributed by atoms with Crippen LogP contribution in [0.3, 0.4) is 0 Å². The van der Waals surface area contributed by atoms with Gasteiger partial charge in [-0.3, -0.25) is 4.79 Å². The Morgan fingerprint density at radius 2 is 2.00 bits per heavy atom. The lowest BCUT2D eigenvalue weighted by atomic mass is 10.2. The Hall–Kier alpha value is -2.46. The fraction of sp³-hybridized carbons (Fsp3) is 0.118. The maximum Gasteiger partial charge on any atom is 0.272 e. The van der Waals surface area contributed by atoms with Gasteiger partial charge >= 0.3 is 0 Å². The molecule has 0 spiro atoms. The summed E-state index contributed by atoms with van der Waals surface area (Å²) < 4.78 is 5.18. The summed E-state index contributed by atoms with van der Waals surface area (Å²) in [5.41, 5.74) is 3.00. The van der Waals surface area contributed by atoms with Crippen LogP contribution in [0, 0.1) is 6.92 Å². The first-order valence-electron chi connectivity index (χ1n) is 6.81. The summed E-state index contributed by atoms with van der Waals surface area (Å²) >= 11 is 6.07. The van der Waals surface area contributed by atoms with Crippen molar-refractivity contribution in [2.45, 2.75) is 6.92 Å². The van der Waals surface area contributed by atoms with Gasteiger partial charge in [-0.15, -0.1) is 0 Å². The van der Waals surface area contributed by atoms with E-state index in [-0.39, 0.29) is 5.91 Å². The topological polar surface area (TPSA) is 54.1 Å². The number of carbonyl (C=O) groups is 1. The summed E-state index contributed by atoms with van der Waals surface area (Å²) in [6.07, 6.45) is 0. The second-order valence-electron chi connectivity index (χ2n) is 5.05. The number of fused-ring (bicyclic) bond motifs is 1. The van der Waals surface area contributed by atoms with E-state index >= 15 is 0 Å². The molecule has 1 heterocycles. The Morgan fingerprint density at radius 1 is 1.18 bits per heavy atom. The van der Waals surface area contributed by atoms with Crippen molar-refractivity contribution in [1.29, 1.82) is 0 Å². The molecular formula is C17H15ClN2O2. The van der Waals surface area contributed by atoms with Gasteiger partial charge in [-0.2, -0.15) is 0 Å². The smallest absolute Gasteiger partial charge is 0.272 e. The number of hydrogen-bond donors (Lipinski definition) is 2. The molecule has 0 unspecified atom stereocenters. The lowest BCUT2D eigenvalue weighted by Crippen LogP contribution is -2.12. The van der Waals surface area contributed by atoms with Gasteiger partial charge < -0.3 is 15.0 Å². The number of methoxy groups -OCH3 is 1. The van der Waals surface area contributed by atoms with Gasteiger partial charge in [-0.25, -0.2) is 0 Å². The van der Waals surface area contributed by atoms with Crippen molar-refractivity contribution < 1.29 is 9.53 Å². The largest absolute Gasteiger partial charge is 0.497 e. The molecule has 1 amide bonds. The molecule has 3 aromatic rings. The van der Waals surface area contributed by atoms with E-state index in [9.17, 15) is 4.79 Å². The van der Waals surface area contributed by atoms with Crippen molar-refractivity contribution in [3.05, 3.63) is 58.7 Å². The van der Waals surface area contributed by atoms with Crippen LogP contribution in [0.5, 0.6) is 5.75 Å². The maximum atomic E-state index is 12.3. The molecule has 0 aliphatic carbocycles. The van der Waals surface area contributed by atoms with Crippen LogP contribution in [0.4, 0.5) is 5.69 Å². The summed E-state index contributed by atoms with van der Waals surface area (Å²) in [5, 5.41) is 4.38. The summed E-state index contributed by atoms with van der Waals surface area (Å²) in [4.78, 5) is 15.4. The molecule has 0 atom stereocenters. The monoisotopic (exact) mass is 314 g/mol. The minimum absolute atomic E-state index is 0.213. The number of nitrogens with one attached hydrogen (secondary N) is 2. The minimum Gasteiger partial charge on any atom is -0.497 e. The number of anilines is 1. The van der Waals surface area contributed by atoms with Crippen LogP contribution >= 0.6 is 11.6 Å². The second-order valence-corrected chi connectivity index (χ2v) is 5.46. The van der Waals surface area contributed by atoms with Gasteiger partial charge in [0.05, 0.1) is 7.11 Å². The van der Waals surface area contributed by atoms with E-state index in [4.69, 9.17) is 16.3 Å². The Morgan fingerprint density at radius 3 is 2.73 bits per heavy atom.